The minimum Gasteiger partial charge on any atom is -0.406 e. The summed E-state index contributed by atoms with van der Waals surface area (Å²) in [5.41, 5.74) is 1.18. The van der Waals surface area contributed by atoms with Crippen LogP contribution in [-0.4, -0.2) is 27.5 Å². The second-order valence-corrected chi connectivity index (χ2v) is 6.60. The molecule has 0 radical (unpaired) electrons. The third-order valence-corrected chi connectivity index (χ3v) is 4.57. The number of imidazole rings is 1. The van der Waals surface area contributed by atoms with Crippen LogP contribution in [0.1, 0.15) is 12.8 Å². The maximum absolute atomic E-state index is 12.4. The molecule has 24 heavy (non-hydrogen) atoms. The van der Waals surface area contributed by atoms with E-state index < -0.39 is 6.36 Å². The molecule has 0 bridgehead atoms. The summed E-state index contributed by atoms with van der Waals surface area (Å²) in [6.45, 7) is 0.890. The Balaban J connectivity index is 1.62. The normalized spacial score (nSPS) is 15.0. The quantitative estimate of drug-likeness (QED) is 0.747. The van der Waals surface area contributed by atoms with Gasteiger partial charge in [0.25, 0.3) is 0 Å². The zero-order valence-corrected chi connectivity index (χ0v) is 13.2. The molecule has 126 valence electrons. The predicted octanol–water partition coefficient (Wildman–Crippen LogP) is 4.18. The Bertz CT molecular complexity index is 869. The van der Waals surface area contributed by atoms with Gasteiger partial charge in [0.15, 0.2) is 0 Å². The van der Waals surface area contributed by atoms with E-state index in [2.05, 4.69) is 20.1 Å². The molecule has 0 aliphatic heterocycles. The van der Waals surface area contributed by atoms with Gasteiger partial charge in [-0.15, -0.1) is 18.3 Å². The van der Waals surface area contributed by atoms with Gasteiger partial charge < -0.3 is 10.1 Å². The first-order chi connectivity index (χ1) is 11.5. The Morgan fingerprint density at radius 2 is 2.17 bits per heavy atom. The molecular formula is C15H13F3N4OS. The highest BCUT2D eigenvalue weighted by molar-refractivity contribution is 7.20. The number of halogens is 3. The Morgan fingerprint density at radius 1 is 1.33 bits per heavy atom. The predicted molar refractivity (Wildman–Crippen MR) is 84.2 cm³/mol. The number of rotatable bonds is 5. The van der Waals surface area contributed by atoms with E-state index in [1.807, 2.05) is 0 Å². The summed E-state index contributed by atoms with van der Waals surface area (Å²) in [4.78, 5) is 4.96. The van der Waals surface area contributed by atoms with Crippen molar-refractivity contribution in [1.82, 2.24) is 14.6 Å². The van der Waals surface area contributed by atoms with Crippen LogP contribution in [0.3, 0.4) is 0 Å². The lowest BCUT2D eigenvalue weighted by Crippen LogP contribution is -2.17. The first kappa shape index (κ1) is 15.3. The minimum atomic E-state index is -4.72. The van der Waals surface area contributed by atoms with E-state index in [1.165, 1.54) is 42.4 Å². The molecule has 0 unspecified atom stereocenters. The van der Waals surface area contributed by atoms with Crippen LogP contribution in [0.4, 0.5) is 18.3 Å². The molecule has 9 heteroatoms. The van der Waals surface area contributed by atoms with E-state index in [4.69, 9.17) is 0 Å². The Morgan fingerprint density at radius 3 is 2.92 bits per heavy atom. The molecule has 0 spiro atoms. The van der Waals surface area contributed by atoms with Crippen LogP contribution in [0.5, 0.6) is 5.75 Å². The fraction of sp³-hybridized carbons (Fsp3) is 0.333. The van der Waals surface area contributed by atoms with Crippen molar-refractivity contribution in [3.05, 3.63) is 30.5 Å². The molecule has 1 N–H and O–H groups in total. The van der Waals surface area contributed by atoms with Crippen LogP contribution < -0.4 is 10.1 Å². The molecule has 1 aliphatic carbocycles. The topological polar surface area (TPSA) is 51.5 Å². The molecular weight excluding hydrogens is 341 g/mol. The van der Waals surface area contributed by atoms with E-state index in [0.717, 1.165) is 17.6 Å². The highest BCUT2D eigenvalue weighted by Gasteiger charge is 2.31. The summed E-state index contributed by atoms with van der Waals surface area (Å²) in [5.74, 6) is 0.453. The molecule has 1 saturated carbocycles. The second-order valence-electron chi connectivity index (χ2n) is 5.64. The molecule has 0 saturated heterocycles. The van der Waals surface area contributed by atoms with E-state index in [9.17, 15) is 13.2 Å². The van der Waals surface area contributed by atoms with E-state index in [1.54, 1.807) is 16.8 Å². The third kappa shape index (κ3) is 3.30. The second kappa shape index (κ2) is 5.66. The smallest absolute Gasteiger partial charge is 0.406 e. The zero-order valence-electron chi connectivity index (χ0n) is 12.4. The van der Waals surface area contributed by atoms with Gasteiger partial charge in [0.1, 0.15) is 5.75 Å². The van der Waals surface area contributed by atoms with Gasteiger partial charge in [-0.25, -0.2) is 9.50 Å². The van der Waals surface area contributed by atoms with Crippen LogP contribution in [0.25, 0.3) is 16.2 Å². The van der Waals surface area contributed by atoms with Crippen LogP contribution in [-0.2, 0) is 0 Å². The first-order valence-electron chi connectivity index (χ1n) is 7.42. The molecule has 2 heterocycles. The van der Waals surface area contributed by atoms with E-state index in [-0.39, 0.29) is 5.75 Å². The maximum atomic E-state index is 12.4. The van der Waals surface area contributed by atoms with Gasteiger partial charge in [-0.05, 0) is 30.9 Å². The Hall–Kier alpha value is -2.29. The van der Waals surface area contributed by atoms with Gasteiger partial charge in [0.05, 0.1) is 11.9 Å². The fourth-order valence-electron chi connectivity index (χ4n) is 2.37. The zero-order chi connectivity index (χ0) is 16.7. The highest BCUT2D eigenvalue weighted by atomic mass is 32.1. The van der Waals surface area contributed by atoms with Crippen molar-refractivity contribution in [1.29, 1.82) is 0 Å². The number of alkyl halides is 3. The molecule has 0 atom stereocenters. The minimum absolute atomic E-state index is 0.266. The number of benzene rings is 1. The van der Waals surface area contributed by atoms with Crippen molar-refractivity contribution in [3.63, 3.8) is 0 Å². The van der Waals surface area contributed by atoms with Crippen LogP contribution in [0, 0.1) is 5.92 Å². The largest absolute Gasteiger partial charge is 0.573 e. The maximum Gasteiger partial charge on any atom is 0.573 e. The van der Waals surface area contributed by atoms with Gasteiger partial charge in [-0.3, -0.25) is 0 Å². The number of anilines is 1. The summed E-state index contributed by atoms with van der Waals surface area (Å²) in [5, 5.41) is 8.49. The highest BCUT2D eigenvalue weighted by Crippen LogP contribution is 2.32. The summed E-state index contributed by atoms with van der Waals surface area (Å²) in [6, 6.07) is 5.80. The van der Waals surface area contributed by atoms with E-state index >= 15 is 0 Å². The number of hydrogen-bond acceptors (Lipinski definition) is 5. The third-order valence-electron chi connectivity index (χ3n) is 3.69. The standard InChI is InChI=1S/C15H13F3N4OS/c16-15(17,18)23-11-3-1-2-10(6-11)12-8-20-14-22(12)21-13(24-14)19-7-9-4-5-9/h1-3,6,8-9H,4-5,7H2,(H,19,21). The van der Waals surface area contributed by atoms with Crippen molar-refractivity contribution in [3.8, 4) is 17.0 Å². The Kier molecular flexibility index (Phi) is 3.60. The number of nitrogens with one attached hydrogen (secondary N) is 1. The number of ether oxygens (including phenoxy) is 1. The number of aromatic nitrogens is 3. The van der Waals surface area contributed by atoms with E-state index in [0.29, 0.717) is 16.2 Å². The molecule has 2 aromatic heterocycles. The molecule has 5 nitrogen and oxygen atoms in total. The van der Waals surface area contributed by atoms with Crippen LogP contribution in [0.2, 0.25) is 0 Å². The van der Waals surface area contributed by atoms with Gasteiger partial charge in [-0.2, -0.15) is 0 Å². The average molecular weight is 354 g/mol. The molecule has 1 fully saturated rings. The van der Waals surface area contributed by atoms with Crippen molar-refractivity contribution < 1.29 is 17.9 Å². The SMILES string of the molecule is FC(F)(F)Oc1cccc(-c2cnc3sc(NCC4CC4)nn23)c1. The lowest BCUT2D eigenvalue weighted by atomic mass is 10.1. The average Bonchev–Trinajstić information content (AvgIpc) is 3.12. The Labute approximate surface area is 139 Å². The fourth-order valence-corrected chi connectivity index (χ4v) is 3.15. The molecule has 4 rings (SSSR count). The molecule has 1 aliphatic rings. The summed E-state index contributed by atoms with van der Waals surface area (Å²) >= 11 is 1.42. The first-order valence-corrected chi connectivity index (χ1v) is 8.24. The van der Waals surface area contributed by atoms with Gasteiger partial charge in [0.2, 0.25) is 10.1 Å². The summed E-state index contributed by atoms with van der Waals surface area (Å²) < 4.78 is 42.7. The molecule has 0 amide bonds. The number of nitrogens with zero attached hydrogens (tertiary/aromatic N) is 3. The lowest BCUT2D eigenvalue weighted by molar-refractivity contribution is -0.274. The van der Waals surface area contributed by atoms with Crippen molar-refractivity contribution in [2.45, 2.75) is 19.2 Å². The number of fused-ring (bicyclic) bond motifs is 1. The summed E-state index contributed by atoms with van der Waals surface area (Å²) in [6.07, 6.45) is -0.637. The molecule has 3 aromatic rings. The van der Waals surface area contributed by atoms with Gasteiger partial charge in [-0.1, -0.05) is 23.5 Å². The lowest BCUT2D eigenvalue weighted by Gasteiger charge is -2.09. The van der Waals surface area contributed by atoms with Crippen LogP contribution in [0.15, 0.2) is 30.5 Å². The van der Waals surface area contributed by atoms with Crippen molar-refractivity contribution >= 4 is 21.4 Å². The molecule has 1 aromatic carbocycles. The summed E-state index contributed by atoms with van der Waals surface area (Å²) in [7, 11) is 0. The van der Waals surface area contributed by atoms with Gasteiger partial charge >= 0.3 is 6.36 Å². The number of hydrogen-bond donors (Lipinski definition) is 1. The monoisotopic (exact) mass is 354 g/mol. The van der Waals surface area contributed by atoms with Crippen molar-refractivity contribution in [2.75, 3.05) is 11.9 Å². The van der Waals surface area contributed by atoms with Gasteiger partial charge in [0, 0.05) is 12.1 Å². The van der Waals surface area contributed by atoms with Crippen LogP contribution >= 0.6 is 11.3 Å². The van der Waals surface area contributed by atoms with Crippen molar-refractivity contribution in [2.24, 2.45) is 5.92 Å².